The zero-order valence-corrected chi connectivity index (χ0v) is 15.0. The van der Waals surface area contributed by atoms with E-state index in [9.17, 15) is 0 Å². The molecule has 0 aromatic heterocycles. The van der Waals surface area contributed by atoms with Crippen molar-refractivity contribution in [3.63, 3.8) is 0 Å². The Kier molecular flexibility index (Phi) is 4.66. The lowest BCUT2D eigenvalue weighted by Crippen LogP contribution is -2.53. The molecule has 0 radical (unpaired) electrons. The Labute approximate surface area is 132 Å². The smallest absolute Gasteiger partial charge is 0.0213 e. The second-order valence-corrected chi connectivity index (χ2v) is 8.62. The van der Waals surface area contributed by atoms with E-state index < -0.39 is 0 Å². The van der Waals surface area contributed by atoms with Gasteiger partial charge in [-0.3, -0.25) is 0 Å². The van der Waals surface area contributed by atoms with Crippen molar-refractivity contribution in [3.05, 3.63) is 34.3 Å². The molecule has 1 aromatic carbocycles. The van der Waals surface area contributed by atoms with Gasteiger partial charge in [0.25, 0.3) is 0 Å². The Hall–Kier alpha value is -0.340. The highest BCUT2D eigenvalue weighted by Gasteiger charge is 2.49. The topological polar surface area (TPSA) is 12.0 Å². The Bertz CT molecular complexity index is 453. The van der Waals surface area contributed by atoms with Crippen molar-refractivity contribution in [1.29, 1.82) is 0 Å². The molecule has 2 heteroatoms. The highest BCUT2D eigenvalue weighted by Crippen LogP contribution is 2.55. The first-order valence-electron chi connectivity index (χ1n) is 7.73. The molecule has 0 spiro atoms. The summed E-state index contributed by atoms with van der Waals surface area (Å²) in [6.45, 7) is 12.7. The molecule has 0 heterocycles. The van der Waals surface area contributed by atoms with Gasteiger partial charge < -0.3 is 5.32 Å². The molecule has 0 saturated heterocycles. The van der Waals surface area contributed by atoms with E-state index in [1.54, 1.807) is 0 Å². The molecule has 1 saturated carbocycles. The molecule has 1 fully saturated rings. The fourth-order valence-electron chi connectivity index (χ4n) is 3.25. The summed E-state index contributed by atoms with van der Waals surface area (Å²) in [7, 11) is 0. The predicted molar refractivity (Wildman–Crippen MR) is 91.1 cm³/mol. The number of hydrogen-bond acceptors (Lipinski definition) is 1. The molecule has 0 unspecified atom stereocenters. The van der Waals surface area contributed by atoms with Gasteiger partial charge in [-0.2, -0.15) is 0 Å². The third-order valence-electron chi connectivity index (χ3n) is 4.79. The van der Waals surface area contributed by atoms with Crippen LogP contribution in [0, 0.1) is 11.3 Å². The largest absolute Gasteiger partial charge is 0.314 e. The maximum atomic E-state index is 3.76. The van der Waals surface area contributed by atoms with Crippen LogP contribution in [0.25, 0.3) is 0 Å². The van der Waals surface area contributed by atoms with Crippen molar-refractivity contribution in [2.24, 2.45) is 11.3 Å². The van der Waals surface area contributed by atoms with Gasteiger partial charge in [-0.05, 0) is 35.8 Å². The van der Waals surface area contributed by atoms with Gasteiger partial charge in [0.05, 0.1) is 0 Å². The molecule has 1 aliphatic carbocycles. The molecular weight excluding hydrogens is 310 g/mol. The lowest BCUT2D eigenvalue weighted by molar-refractivity contribution is 0.0433. The van der Waals surface area contributed by atoms with E-state index in [2.05, 4.69) is 80.1 Å². The minimum absolute atomic E-state index is 0.308. The Balaban J connectivity index is 2.22. The summed E-state index contributed by atoms with van der Waals surface area (Å²) in [6.07, 6.45) is 2.58. The fraction of sp³-hybridized carbons (Fsp3) is 0.667. The van der Waals surface area contributed by atoms with Crippen LogP contribution in [-0.4, -0.2) is 12.6 Å². The summed E-state index contributed by atoms with van der Waals surface area (Å²) in [6, 6.07) is 9.30. The van der Waals surface area contributed by atoms with Gasteiger partial charge in [0.15, 0.2) is 0 Å². The number of nitrogens with one attached hydrogen (secondary N) is 1. The molecule has 0 amide bonds. The maximum Gasteiger partial charge on any atom is 0.0213 e. The molecule has 1 nitrogen and oxygen atoms in total. The first kappa shape index (κ1) is 16.0. The van der Waals surface area contributed by atoms with Crippen LogP contribution in [0.2, 0.25) is 0 Å². The van der Waals surface area contributed by atoms with Crippen LogP contribution < -0.4 is 5.32 Å². The van der Waals surface area contributed by atoms with Crippen molar-refractivity contribution >= 4 is 15.9 Å². The minimum Gasteiger partial charge on any atom is -0.314 e. The maximum absolute atomic E-state index is 3.76. The van der Waals surface area contributed by atoms with Crippen LogP contribution in [0.1, 0.15) is 53.0 Å². The molecular formula is C18H28BrN. The second-order valence-electron chi connectivity index (χ2n) is 7.77. The first-order valence-corrected chi connectivity index (χ1v) is 8.52. The monoisotopic (exact) mass is 337 g/mol. The molecule has 2 rings (SSSR count). The quantitative estimate of drug-likeness (QED) is 0.801. The van der Waals surface area contributed by atoms with Gasteiger partial charge in [-0.15, -0.1) is 0 Å². The van der Waals surface area contributed by atoms with Crippen LogP contribution in [0.5, 0.6) is 0 Å². The van der Waals surface area contributed by atoms with Gasteiger partial charge >= 0.3 is 0 Å². The van der Waals surface area contributed by atoms with E-state index in [1.165, 1.54) is 22.9 Å². The normalized spacial score (nSPS) is 26.6. The van der Waals surface area contributed by atoms with Crippen molar-refractivity contribution in [2.75, 3.05) is 6.54 Å². The average Bonchev–Trinajstić information content (AvgIpc) is 2.27. The van der Waals surface area contributed by atoms with E-state index in [-0.39, 0.29) is 0 Å². The van der Waals surface area contributed by atoms with Crippen LogP contribution in [-0.2, 0) is 5.41 Å². The number of benzene rings is 1. The summed E-state index contributed by atoms with van der Waals surface area (Å²) in [5.41, 5.74) is 2.21. The molecule has 0 bridgehead atoms. The SMILES string of the molecule is CC(C)NCC1(c2ccccc2Br)CC(C(C)(C)C)C1. The summed E-state index contributed by atoms with van der Waals surface area (Å²) in [5.74, 6) is 0.823. The number of hydrogen-bond donors (Lipinski definition) is 1. The van der Waals surface area contributed by atoms with Gasteiger partial charge in [-0.25, -0.2) is 0 Å². The highest BCUT2D eigenvalue weighted by molar-refractivity contribution is 9.10. The van der Waals surface area contributed by atoms with Crippen LogP contribution >= 0.6 is 15.9 Å². The number of rotatable bonds is 4. The predicted octanol–water partition coefficient (Wildman–Crippen LogP) is 5.14. The van der Waals surface area contributed by atoms with E-state index >= 15 is 0 Å². The highest BCUT2D eigenvalue weighted by atomic mass is 79.9. The Morgan fingerprint density at radius 3 is 2.35 bits per heavy atom. The van der Waals surface area contributed by atoms with Gasteiger partial charge in [-0.1, -0.05) is 68.7 Å². The Morgan fingerprint density at radius 1 is 1.25 bits per heavy atom. The molecule has 112 valence electrons. The zero-order chi connectivity index (χ0) is 15.0. The molecule has 1 aromatic rings. The van der Waals surface area contributed by atoms with Crippen LogP contribution in [0.3, 0.4) is 0 Å². The van der Waals surface area contributed by atoms with Crippen molar-refractivity contribution in [3.8, 4) is 0 Å². The van der Waals surface area contributed by atoms with E-state index in [4.69, 9.17) is 0 Å². The number of halogens is 1. The zero-order valence-electron chi connectivity index (χ0n) is 13.5. The lowest BCUT2D eigenvalue weighted by atomic mass is 9.52. The van der Waals surface area contributed by atoms with Crippen molar-refractivity contribution in [2.45, 2.75) is 58.9 Å². The third-order valence-corrected chi connectivity index (χ3v) is 5.48. The molecule has 20 heavy (non-hydrogen) atoms. The lowest BCUT2D eigenvalue weighted by Gasteiger charge is -2.54. The van der Waals surface area contributed by atoms with Gasteiger partial charge in [0.1, 0.15) is 0 Å². The summed E-state index contributed by atoms with van der Waals surface area (Å²) < 4.78 is 1.26. The van der Waals surface area contributed by atoms with Crippen molar-refractivity contribution in [1.82, 2.24) is 5.32 Å². The standard InChI is InChI=1S/C18H28BrN/c1-13(2)20-12-18(10-14(11-18)17(3,4)5)15-8-6-7-9-16(15)19/h6-9,13-14,20H,10-12H2,1-5H3. The molecule has 1 aliphatic rings. The summed E-state index contributed by atoms with van der Waals surface area (Å²) in [5, 5.41) is 3.67. The second kappa shape index (κ2) is 5.81. The van der Waals surface area contributed by atoms with E-state index in [0.29, 0.717) is 16.9 Å². The average molecular weight is 338 g/mol. The van der Waals surface area contributed by atoms with Crippen LogP contribution in [0.4, 0.5) is 0 Å². The van der Waals surface area contributed by atoms with E-state index in [0.717, 1.165) is 12.5 Å². The molecule has 1 N–H and O–H groups in total. The first-order chi connectivity index (χ1) is 9.24. The summed E-state index contributed by atoms with van der Waals surface area (Å²) >= 11 is 3.76. The van der Waals surface area contributed by atoms with Crippen molar-refractivity contribution < 1.29 is 0 Å². The van der Waals surface area contributed by atoms with Crippen LogP contribution in [0.15, 0.2) is 28.7 Å². The Morgan fingerprint density at radius 2 is 1.85 bits per heavy atom. The van der Waals surface area contributed by atoms with Gasteiger partial charge in [0.2, 0.25) is 0 Å². The van der Waals surface area contributed by atoms with Gasteiger partial charge in [0, 0.05) is 22.5 Å². The molecule has 0 aliphatic heterocycles. The van der Waals surface area contributed by atoms with E-state index in [1.807, 2.05) is 0 Å². The summed E-state index contributed by atoms with van der Waals surface area (Å²) in [4.78, 5) is 0. The minimum atomic E-state index is 0.308. The fourth-order valence-corrected chi connectivity index (χ4v) is 3.95. The third kappa shape index (κ3) is 3.28. The molecule has 0 atom stereocenters.